The van der Waals surface area contributed by atoms with Crippen molar-refractivity contribution in [2.24, 2.45) is 5.73 Å². The Bertz CT molecular complexity index is 553. The number of hydrogen-bond acceptors (Lipinski definition) is 4. The number of carbonyl (C=O) groups is 1. The van der Waals surface area contributed by atoms with Crippen molar-refractivity contribution in [1.29, 1.82) is 0 Å². The van der Waals surface area contributed by atoms with Crippen LogP contribution >= 0.6 is 0 Å². The van der Waals surface area contributed by atoms with Crippen LogP contribution in [0.1, 0.15) is 24.9 Å². The molecule has 0 spiro atoms. The smallest absolute Gasteiger partial charge is 0.242 e. The maximum absolute atomic E-state index is 12.3. The van der Waals surface area contributed by atoms with E-state index in [0.29, 0.717) is 0 Å². The van der Waals surface area contributed by atoms with E-state index in [1.165, 1.54) is 30.5 Å². The van der Waals surface area contributed by atoms with E-state index >= 15 is 0 Å². The Morgan fingerprint density at radius 2 is 1.90 bits per heavy atom. The van der Waals surface area contributed by atoms with Gasteiger partial charge in [0, 0.05) is 33.1 Å². The summed E-state index contributed by atoms with van der Waals surface area (Å²) in [4.78, 5) is 11.3. The highest BCUT2D eigenvalue weighted by molar-refractivity contribution is 7.89. The standard InChI is InChI=1S/C13H21N3O3S/c1-10(14)11-4-6-12(7-5-11)20(18,19)16(3)9-8-13(17)15-2/h4-7,10H,8-9,14H2,1-3H3,(H,15,17). The van der Waals surface area contributed by atoms with Crippen LogP contribution in [0, 0.1) is 0 Å². The maximum Gasteiger partial charge on any atom is 0.242 e. The van der Waals surface area contributed by atoms with E-state index in [1.54, 1.807) is 12.1 Å². The number of sulfonamides is 1. The molecule has 3 N–H and O–H groups in total. The molecule has 1 unspecified atom stereocenters. The van der Waals surface area contributed by atoms with E-state index < -0.39 is 10.0 Å². The average Bonchev–Trinajstić information content (AvgIpc) is 2.44. The largest absolute Gasteiger partial charge is 0.359 e. The van der Waals surface area contributed by atoms with Gasteiger partial charge in [0.05, 0.1) is 4.90 Å². The molecule has 7 heteroatoms. The van der Waals surface area contributed by atoms with Crippen molar-refractivity contribution in [2.75, 3.05) is 20.6 Å². The SMILES string of the molecule is CNC(=O)CCN(C)S(=O)(=O)c1ccc(C(C)N)cc1. The molecule has 1 aromatic carbocycles. The lowest BCUT2D eigenvalue weighted by atomic mass is 10.1. The highest BCUT2D eigenvalue weighted by Crippen LogP contribution is 2.17. The van der Waals surface area contributed by atoms with Crippen LogP contribution in [0.15, 0.2) is 29.2 Å². The summed E-state index contributed by atoms with van der Waals surface area (Å²) in [5, 5.41) is 2.46. The van der Waals surface area contributed by atoms with Gasteiger partial charge in [-0.2, -0.15) is 0 Å². The molecule has 0 aliphatic heterocycles. The van der Waals surface area contributed by atoms with Crippen molar-refractivity contribution in [2.45, 2.75) is 24.3 Å². The van der Waals surface area contributed by atoms with E-state index in [1.807, 2.05) is 6.92 Å². The molecule has 1 amide bonds. The van der Waals surface area contributed by atoms with Crippen LogP contribution < -0.4 is 11.1 Å². The van der Waals surface area contributed by atoms with E-state index in [0.717, 1.165) is 5.56 Å². The lowest BCUT2D eigenvalue weighted by Crippen LogP contribution is -2.31. The summed E-state index contributed by atoms with van der Waals surface area (Å²) in [5.41, 5.74) is 6.60. The molecular weight excluding hydrogens is 278 g/mol. The minimum absolute atomic E-state index is 0.129. The molecule has 0 aromatic heterocycles. The summed E-state index contributed by atoms with van der Waals surface area (Å²) in [6.45, 7) is 1.97. The molecule has 1 aromatic rings. The first-order chi connectivity index (χ1) is 9.28. The highest BCUT2D eigenvalue weighted by atomic mass is 32.2. The van der Waals surface area contributed by atoms with Crippen LogP contribution in [-0.2, 0) is 14.8 Å². The third-order valence-electron chi connectivity index (χ3n) is 3.05. The summed E-state index contributed by atoms with van der Waals surface area (Å²) in [5.74, 6) is -0.195. The third-order valence-corrected chi connectivity index (χ3v) is 4.92. The predicted octanol–water partition coefficient (Wildman–Crippen LogP) is 0.463. The van der Waals surface area contributed by atoms with Crippen molar-refractivity contribution in [3.8, 4) is 0 Å². The van der Waals surface area contributed by atoms with Gasteiger partial charge in [-0.1, -0.05) is 12.1 Å². The molecule has 6 nitrogen and oxygen atoms in total. The van der Waals surface area contributed by atoms with E-state index in [4.69, 9.17) is 5.73 Å². The Hall–Kier alpha value is -1.44. The second-order valence-corrected chi connectivity index (χ2v) is 6.65. The molecule has 0 aliphatic rings. The molecular formula is C13H21N3O3S. The quantitative estimate of drug-likeness (QED) is 0.798. The van der Waals surface area contributed by atoms with Gasteiger partial charge >= 0.3 is 0 Å². The normalized spacial score (nSPS) is 13.2. The third kappa shape index (κ3) is 4.03. The Labute approximate surface area is 120 Å². The zero-order valence-electron chi connectivity index (χ0n) is 12.0. The number of rotatable bonds is 6. The number of nitrogens with two attached hydrogens (primary N) is 1. The number of hydrogen-bond donors (Lipinski definition) is 2. The molecule has 0 saturated carbocycles. The second kappa shape index (κ2) is 6.83. The molecule has 0 heterocycles. The second-order valence-electron chi connectivity index (χ2n) is 4.61. The predicted molar refractivity (Wildman–Crippen MR) is 77.5 cm³/mol. The van der Waals surface area contributed by atoms with Crippen molar-refractivity contribution >= 4 is 15.9 Å². The Morgan fingerprint density at radius 3 is 2.35 bits per heavy atom. The minimum Gasteiger partial charge on any atom is -0.359 e. The maximum atomic E-state index is 12.3. The lowest BCUT2D eigenvalue weighted by molar-refractivity contribution is -0.120. The highest BCUT2D eigenvalue weighted by Gasteiger charge is 2.21. The van der Waals surface area contributed by atoms with Gasteiger partial charge in [0.25, 0.3) is 0 Å². The Kier molecular flexibility index (Phi) is 5.67. The molecule has 0 saturated heterocycles. The first kappa shape index (κ1) is 16.6. The molecule has 1 rings (SSSR count). The van der Waals surface area contributed by atoms with Crippen molar-refractivity contribution in [3.05, 3.63) is 29.8 Å². The fourth-order valence-electron chi connectivity index (χ4n) is 1.63. The minimum atomic E-state index is -3.57. The van der Waals surface area contributed by atoms with Crippen molar-refractivity contribution in [3.63, 3.8) is 0 Å². The van der Waals surface area contributed by atoms with E-state index in [-0.39, 0.29) is 29.8 Å². The van der Waals surface area contributed by atoms with Crippen LogP contribution in [0.3, 0.4) is 0 Å². The number of benzene rings is 1. The fraction of sp³-hybridized carbons (Fsp3) is 0.462. The number of nitrogens with one attached hydrogen (secondary N) is 1. The summed E-state index contributed by atoms with van der Waals surface area (Å²) in [6.07, 6.45) is 0.129. The van der Waals surface area contributed by atoms with Crippen LogP contribution in [0.5, 0.6) is 0 Å². The Morgan fingerprint density at radius 1 is 1.35 bits per heavy atom. The van der Waals surface area contributed by atoms with Crippen molar-refractivity contribution in [1.82, 2.24) is 9.62 Å². The van der Waals surface area contributed by atoms with E-state index in [2.05, 4.69) is 5.32 Å². The molecule has 112 valence electrons. The zero-order valence-corrected chi connectivity index (χ0v) is 12.8. The Balaban J connectivity index is 2.84. The fourth-order valence-corrected chi connectivity index (χ4v) is 2.80. The summed E-state index contributed by atoms with van der Waals surface area (Å²) in [7, 11) is -0.599. The van der Waals surface area contributed by atoms with Crippen LogP contribution in [-0.4, -0.2) is 39.3 Å². The van der Waals surface area contributed by atoms with Gasteiger partial charge in [-0.25, -0.2) is 12.7 Å². The zero-order chi connectivity index (χ0) is 15.3. The number of amides is 1. The molecule has 20 heavy (non-hydrogen) atoms. The van der Waals surface area contributed by atoms with Gasteiger partial charge in [-0.15, -0.1) is 0 Å². The topological polar surface area (TPSA) is 92.5 Å². The number of carbonyl (C=O) groups excluding carboxylic acids is 1. The van der Waals surface area contributed by atoms with Gasteiger partial charge in [0.15, 0.2) is 0 Å². The molecule has 0 bridgehead atoms. The first-order valence-corrected chi connectivity index (χ1v) is 7.75. The monoisotopic (exact) mass is 299 g/mol. The molecule has 0 radical (unpaired) electrons. The van der Waals surface area contributed by atoms with Crippen LogP contribution in [0.25, 0.3) is 0 Å². The number of nitrogens with zero attached hydrogens (tertiary/aromatic N) is 1. The molecule has 1 atom stereocenters. The summed E-state index contributed by atoms with van der Waals surface area (Å²) < 4.78 is 25.7. The van der Waals surface area contributed by atoms with Gasteiger partial charge < -0.3 is 11.1 Å². The molecule has 0 aliphatic carbocycles. The van der Waals surface area contributed by atoms with Crippen LogP contribution in [0.2, 0.25) is 0 Å². The lowest BCUT2D eigenvalue weighted by Gasteiger charge is -2.17. The van der Waals surface area contributed by atoms with Gasteiger partial charge in [0.1, 0.15) is 0 Å². The van der Waals surface area contributed by atoms with Crippen molar-refractivity contribution < 1.29 is 13.2 Å². The van der Waals surface area contributed by atoms with Gasteiger partial charge in [-0.05, 0) is 24.6 Å². The molecule has 0 fully saturated rings. The first-order valence-electron chi connectivity index (χ1n) is 6.31. The van der Waals surface area contributed by atoms with E-state index in [9.17, 15) is 13.2 Å². The van der Waals surface area contributed by atoms with Gasteiger partial charge in [-0.3, -0.25) is 4.79 Å². The van der Waals surface area contributed by atoms with Crippen LogP contribution in [0.4, 0.5) is 0 Å². The van der Waals surface area contributed by atoms with Gasteiger partial charge in [0.2, 0.25) is 15.9 Å². The summed E-state index contributed by atoms with van der Waals surface area (Å²) in [6, 6.07) is 6.32. The summed E-state index contributed by atoms with van der Waals surface area (Å²) >= 11 is 0. The average molecular weight is 299 g/mol.